The molecule has 0 fully saturated rings. The van der Waals surface area contributed by atoms with Crippen LogP contribution in [0.4, 0.5) is 5.69 Å². The van der Waals surface area contributed by atoms with Crippen LogP contribution in [0.1, 0.15) is 17.3 Å². The molecule has 1 aromatic heterocycles. The van der Waals surface area contributed by atoms with Crippen LogP contribution in [0.2, 0.25) is 0 Å². The van der Waals surface area contributed by atoms with Crippen molar-refractivity contribution in [1.82, 2.24) is 4.98 Å². The summed E-state index contributed by atoms with van der Waals surface area (Å²) in [4.78, 5) is 28.0. The number of amides is 1. The normalized spacial score (nSPS) is 12.0. The molecule has 27 heavy (non-hydrogen) atoms. The highest BCUT2D eigenvalue weighted by Gasteiger charge is 2.21. The molecule has 1 heterocycles. The lowest BCUT2D eigenvalue weighted by molar-refractivity contribution is -0.123. The number of anilines is 1. The Morgan fingerprint density at radius 3 is 2.48 bits per heavy atom. The molecule has 0 aliphatic heterocycles. The monoisotopic (exact) mass is 358 g/mol. The molecule has 0 aliphatic rings. The van der Waals surface area contributed by atoms with Gasteiger partial charge in [0.05, 0.1) is 5.56 Å². The molecule has 0 bridgehead atoms. The number of para-hydroxylation sites is 1. The second-order valence-electron chi connectivity index (χ2n) is 6.31. The van der Waals surface area contributed by atoms with Gasteiger partial charge in [0.25, 0.3) is 5.91 Å². The van der Waals surface area contributed by atoms with Crippen LogP contribution in [0.25, 0.3) is 21.7 Å². The summed E-state index contributed by atoms with van der Waals surface area (Å²) in [6.45, 7) is 1.56. The van der Waals surface area contributed by atoms with Gasteiger partial charge < -0.3 is 15.0 Å². The van der Waals surface area contributed by atoms with Crippen molar-refractivity contribution in [3.63, 3.8) is 0 Å². The van der Waals surface area contributed by atoms with Gasteiger partial charge in [0, 0.05) is 28.2 Å². The summed E-state index contributed by atoms with van der Waals surface area (Å²) in [5, 5.41) is 5.58. The zero-order valence-corrected chi connectivity index (χ0v) is 14.7. The number of rotatable bonds is 4. The maximum absolute atomic E-state index is 12.5. The molecule has 5 nitrogen and oxygen atoms in total. The van der Waals surface area contributed by atoms with Crippen molar-refractivity contribution < 1.29 is 14.3 Å². The number of hydrogen-bond donors (Lipinski definition) is 2. The number of carbonyl (C=O) groups is 2. The fourth-order valence-electron chi connectivity index (χ4n) is 3.09. The Bertz CT molecular complexity index is 1140. The van der Waals surface area contributed by atoms with Crippen LogP contribution < -0.4 is 5.32 Å². The lowest BCUT2D eigenvalue weighted by Crippen LogP contribution is -2.30. The maximum atomic E-state index is 12.5. The van der Waals surface area contributed by atoms with E-state index in [0.29, 0.717) is 11.3 Å². The third kappa shape index (κ3) is 3.27. The quantitative estimate of drug-likeness (QED) is 0.528. The molecule has 0 saturated carbocycles. The smallest absolute Gasteiger partial charge is 0.341 e. The molecule has 3 aromatic carbocycles. The number of ether oxygens (including phenoxy) is 1. The zero-order chi connectivity index (χ0) is 18.8. The SMILES string of the molecule is C[C@@H](OC(=O)c1c[nH]c2ccccc12)C(=O)Nc1cccc2ccccc12. The average Bonchev–Trinajstić information content (AvgIpc) is 3.12. The molecule has 2 N–H and O–H groups in total. The number of esters is 1. The molecule has 0 aliphatic carbocycles. The molecule has 0 radical (unpaired) electrons. The highest BCUT2D eigenvalue weighted by atomic mass is 16.5. The lowest BCUT2D eigenvalue weighted by atomic mass is 10.1. The van der Waals surface area contributed by atoms with E-state index in [2.05, 4.69) is 10.3 Å². The number of H-pyrrole nitrogens is 1. The molecule has 5 heteroatoms. The van der Waals surface area contributed by atoms with E-state index in [1.54, 1.807) is 13.1 Å². The molecule has 0 unspecified atom stereocenters. The summed E-state index contributed by atoms with van der Waals surface area (Å²) in [5.74, 6) is -0.910. The van der Waals surface area contributed by atoms with Crippen LogP contribution in [0.15, 0.2) is 72.9 Å². The summed E-state index contributed by atoms with van der Waals surface area (Å²) >= 11 is 0. The van der Waals surface area contributed by atoms with Crippen LogP contribution >= 0.6 is 0 Å². The third-order valence-corrected chi connectivity index (χ3v) is 4.51. The summed E-state index contributed by atoms with van der Waals surface area (Å²) in [5.41, 5.74) is 1.95. The second kappa shape index (κ2) is 6.96. The molecule has 1 atom stereocenters. The van der Waals surface area contributed by atoms with E-state index in [1.165, 1.54) is 0 Å². The molecule has 4 rings (SSSR count). The van der Waals surface area contributed by atoms with Crippen molar-refractivity contribution in [3.05, 3.63) is 78.5 Å². The predicted octanol–water partition coefficient (Wildman–Crippen LogP) is 4.51. The number of hydrogen-bond acceptors (Lipinski definition) is 3. The first kappa shape index (κ1) is 16.8. The Kier molecular flexibility index (Phi) is 4.34. The van der Waals surface area contributed by atoms with E-state index in [1.807, 2.05) is 66.7 Å². The van der Waals surface area contributed by atoms with Crippen molar-refractivity contribution in [2.45, 2.75) is 13.0 Å². The number of aromatic nitrogens is 1. The Balaban J connectivity index is 1.50. The van der Waals surface area contributed by atoms with Gasteiger partial charge in [-0.25, -0.2) is 4.79 Å². The number of benzene rings is 3. The van der Waals surface area contributed by atoms with E-state index >= 15 is 0 Å². The van der Waals surface area contributed by atoms with E-state index < -0.39 is 12.1 Å². The van der Waals surface area contributed by atoms with Gasteiger partial charge in [-0.15, -0.1) is 0 Å². The summed E-state index contributed by atoms with van der Waals surface area (Å²) in [6, 6.07) is 20.9. The largest absolute Gasteiger partial charge is 0.449 e. The topological polar surface area (TPSA) is 71.2 Å². The predicted molar refractivity (Wildman–Crippen MR) is 106 cm³/mol. The fraction of sp³-hybridized carbons (Fsp3) is 0.0909. The Hall–Kier alpha value is -3.60. The number of aromatic amines is 1. The first-order valence-corrected chi connectivity index (χ1v) is 8.69. The fourth-order valence-corrected chi connectivity index (χ4v) is 3.09. The van der Waals surface area contributed by atoms with Crippen molar-refractivity contribution in [2.24, 2.45) is 0 Å². The minimum atomic E-state index is -0.926. The van der Waals surface area contributed by atoms with Crippen molar-refractivity contribution in [2.75, 3.05) is 5.32 Å². The molecular weight excluding hydrogens is 340 g/mol. The summed E-state index contributed by atoms with van der Waals surface area (Å²) in [7, 11) is 0. The molecular formula is C22H18N2O3. The minimum absolute atomic E-state index is 0.375. The Morgan fingerprint density at radius 2 is 1.63 bits per heavy atom. The minimum Gasteiger partial charge on any atom is -0.449 e. The number of nitrogens with one attached hydrogen (secondary N) is 2. The summed E-state index contributed by atoms with van der Waals surface area (Å²) < 4.78 is 5.38. The third-order valence-electron chi connectivity index (χ3n) is 4.51. The molecule has 1 amide bonds. The highest BCUT2D eigenvalue weighted by molar-refractivity contribution is 6.07. The van der Waals surface area contributed by atoms with Crippen LogP contribution in [-0.2, 0) is 9.53 Å². The van der Waals surface area contributed by atoms with Crippen molar-refractivity contribution in [3.8, 4) is 0 Å². The first-order valence-electron chi connectivity index (χ1n) is 8.69. The summed E-state index contributed by atoms with van der Waals surface area (Å²) in [6.07, 6.45) is 0.674. The van der Waals surface area contributed by atoms with Crippen LogP contribution in [0, 0.1) is 0 Å². The van der Waals surface area contributed by atoms with Gasteiger partial charge in [-0.3, -0.25) is 4.79 Å². The van der Waals surface area contributed by atoms with Crippen LogP contribution in [-0.4, -0.2) is 23.0 Å². The second-order valence-corrected chi connectivity index (χ2v) is 6.31. The van der Waals surface area contributed by atoms with Crippen molar-refractivity contribution >= 4 is 39.2 Å². The van der Waals surface area contributed by atoms with Crippen LogP contribution in [0.5, 0.6) is 0 Å². The van der Waals surface area contributed by atoms with Gasteiger partial charge in [0.15, 0.2) is 6.10 Å². The Labute approximate surface area is 156 Å². The lowest BCUT2D eigenvalue weighted by Gasteiger charge is -2.14. The average molecular weight is 358 g/mol. The zero-order valence-electron chi connectivity index (χ0n) is 14.7. The molecule has 134 valence electrons. The number of carbonyl (C=O) groups excluding carboxylic acids is 2. The van der Waals surface area contributed by atoms with Gasteiger partial charge in [0.1, 0.15) is 0 Å². The first-order chi connectivity index (χ1) is 13.1. The molecule has 0 spiro atoms. The Morgan fingerprint density at radius 1 is 0.926 bits per heavy atom. The van der Waals surface area contributed by atoms with Gasteiger partial charge in [-0.05, 0) is 24.4 Å². The van der Waals surface area contributed by atoms with Crippen LogP contribution in [0.3, 0.4) is 0 Å². The van der Waals surface area contributed by atoms with Gasteiger partial charge in [0.2, 0.25) is 0 Å². The van der Waals surface area contributed by atoms with Gasteiger partial charge >= 0.3 is 5.97 Å². The van der Waals surface area contributed by atoms with E-state index in [9.17, 15) is 9.59 Å². The van der Waals surface area contributed by atoms with Crippen molar-refractivity contribution in [1.29, 1.82) is 0 Å². The standard InChI is InChI=1S/C22H18N2O3/c1-14(27-22(26)18-13-23-19-11-5-4-10-17(18)19)21(25)24-20-12-6-8-15-7-2-3-9-16(15)20/h2-14,23H,1H3,(H,24,25)/t14-/m1/s1. The number of fused-ring (bicyclic) bond motifs is 2. The molecule has 4 aromatic rings. The van der Waals surface area contributed by atoms with Gasteiger partial charge in [-0.1, -0.05) is 54.6 Å². The molecule has 0 saturated heterocycles. The van der Waals surface area contributed by atoms with Gasteiger partial charge in [-0.2, -0.15) is 0 Å². The maximum Gasteiger partial charge on any atom is 0.341 e. The van der Waals surface area contributed by atoms with E-state index in [4.69, 9.17) is 4.74 Å². The van der Waals surface area contributed by atoms with E-state index in [0.717, 1.165) is 21.7 Å². The van der Waals surface area contributed by atoms with E-state index in [-0.39, 0.29) is 5.91 Å². The highest BCUT2D eigenvalue weighted by Crippen LogP contribution is 2.23.